The van der Waals surface area contributed by atoms with Crippen LogP contribution in [0.4, 0.5) is 4.39 Å². The predicted molar refractivity (Wildman–Crippen MR) is 69.5 cm³/mol. The molecular formula is C11H10BrFN4O3. The number of aliphatic hydroxyl groups is 1. The van der Waals surface area contributed by atoms with Crippen molar-refractivity contribution in [3.05, 3.63) is 45.4 Å². The van der Waals surface area contributed by atoms with Gasteiger partial charge in [-0.25, -0.2) is 9.02 Å². The van der Waals surface area contributed by atoms with Crippen molar-refractivity contribution >= 4 is 21.8 Å². The summed E-state index contributed by atoms with van der Waals surface area (Å²) >= 11 is 3.24. The van der Waals surface area contributed by atoms with Crippen LogP contribution in [0.3, 0.4) is 0 Å². The zero-order valence-electron chi connectivity index (χ0n) is 10.0. The van der Waals surface area contributed by atoms with Crippen molar-refractivity contribution in [1.82, 2.24) is 15.6 Å². The van der Waals surface area contributed by atoms with E-state index in [2.05, 4.69) is 41.3 Å². The Morgan fingerprint density at radius 1 is 1.45 bits per heavy atom. The Morgan fingerprint density at radius 2 is 2.25 bits per heavy atom. The lowest BCUT2D eigenvalue weighted by molar-refractivity contribution is 0.254. The molecule has 0 spiro atoms. The number of amidine groups is 1. The first-order chi connectivity index (χ1) is 9.65. The second-order valence-corrected chi connectivity index (χ2v) is 4.67. The first-order valence-corrected chi connectivity index (χ1v) is 6.27. The van der Waals surface area contributed by atoms with Crippen molar-refractivity contribution in [2.75, 3.05) is 0 Å². The van der Waals surface area contributed by atoms with Gasteiger partial charge in [0, 0.05) is 16.6 Å². The van der Waals surface area contributed by atoms with Crippen molar-refractivity contribution < 1.29 is 19.3 Å². The molecule has 0 radical (unpaired) electrons. The molecule has 0 aliphatic heterocycles. The molecule has 0 fully saturated rings. The van der Waals surface area contributed by atoms with Gasteiger partial charge in [0.1, 0.15) is 11.5 Å². The van der Waals surface area contributed by atoms with Crippen LogP contribution in [0.2, 0.25) is 0 Å². The minimum absolute atomic E-state index is 0.0579. The van der Waals surface area contributed by atoms with E-state index >= 15 is 0 Å². The Hall–Kier alpha value is -2.00. The monoisotopic (exact) mass is 344 g/mol. The smallest absolute Gasteiger partial charge is 0.197 e. The van der Waals surface area contributed by atoms with Gasteiger partial charge in [-0.2, -0.15) is 0 Å². The maximum Gasteiger partial charge on any atom is 0.197 e. The van der Waals surface area contributed by atoms with Gasteiger partial charge in [-0.05, 0) is 23.4 Å². The number of hydrogen-bond donors (Lipinski definition) is 3. The fourth-order valence-electron chi connectivity index (χ4n) is 1.51. The second-order valence-electron chi connectivity index (χ2n) is 3.76. The van der Waals surface area contributed by atoms with Gasteiger partial charge in [0.2, 0.25) is 0 Å². The van der Waals surface area contributed by atoms with Crippen LogP contribution in [0.15, 0.2) is 32.5 Å². The Balaban J connectivity index is 2.14. The first kappa shape index (κ1) is 14.4. The third-order valence-electron chi connectivity index (χ3n) is 2.48. The quantitative estimate of drug-likeness (QED) is 0.335. The zero-order chi connectivity index (χ0) is 14.5. The summed E-state index contributed by atoms with van der Waals surface area (Å²) in [7, 11) is 0. The van der Waals surface area contributed by atoms with Crippen molar-refractivity contribution in [2.24, 2.45) is 5.16 Å². The van der Waals surface area contributed by atoms with Gasteiger partial charge in [-0.1, -0.05) is 26.2 Å². The SMILES string of the molecule is OCc1nonc1/C(=N\O)NCc1cc(Br)ccc1F. The number of hydrogen-bond acceptors (Lipinski definition) is 6. The van der Waals surface area contributed by atoms with Gasteiger partial charge in [-0.15, -0.1) is 0 Å². The largest absolute Gasteiger partial charge is 0.409 e. The number of nitrogens with zero attached hydrogens (tertiary/aromatic N) is 3. The molecule has 0 saturated heterocycles. The maximum atomic E-state index is 13.6. The Labute approximate surface area is 121 Å². The highest BCUT2D eigenvalue weighted by Crippen LogP contribution is 2.15. The van der Waals surface area contributed by atoms with Gasteiger partial charge < -0.3 is 15.6 Å². The van der Waals surface area contributed by atoms with Crippen LogP contribution in [-0.2, 0) is 13.2 Å². The van der Waals surface area contributed by atoms with E-state index in [1.165, 1.54) is 6.07 Å². The first-order valence-electron chi connectivity index (χ1n) is 5.48. The molecule has 1 aromatic heterocycles. The molecule has 0 aliphatic rings. The molecule has 0 aliphatic carbocycles. The summed E-state index contributed by atoms with van der Waals surface area (Å²) in [5, 5.41) is 30.6. The average molecular weight is 345 g/mol. The van der Waals surface area contributed by atoms with Crippen molar-refractivity contribution in [1.29, 1.82) is 0 Å². The van der Waals surface area contributed by atoms with Gasteiger partial charge in [0.05, 0.1) is 6.61 Å². The average Bonchev–Trinajstić information content (AvgIpc) is 2.91. The number of benzene rings is 1. The lowest BCUT2D eigenvalue weighted by atomic mass is 10.2. The van der Waals surface area contributed by atoms with Crippen molar-refractivity contribution in [2.45, 2.75) is 13.2 Å². The normalized spacial score (nSPS) is 11.7. The van der Waals surface area contributed by atoms with E-state index in [0.29, 0.717) is 5.56 Å². The Kier molecular flexibility index (Phi) is 4.64. The minimum Gasteiger partial charge on any atom is -0.409 e. The van der Waals surface area contributed by atoms with Crippen LogP contribution in [0.5, 0.6) is 0 Å². The molecule has 2 aromatic rings. The molecule has 3 N–H and O–H groups in total. The number of halogens is 2. The minimum atomic E-state index is -0.426. The van der Waals surface area contributed by atoms with E-state index in [4.69, 9.17) is 10.3 Å². The molecule has 2 rings (SSSR count). The molecule has 0 saturated carbocycles. The standard InChI is InChI=1S/C11H10BrFN4O3/c12-7-1-2-8(13)6(3-7)4-14-11(15-19)10-9(5-18)16-20-17-10/h1-3,18-19H,4-5H2,(H,14,15). The highest BCUT2D eigenvalue weighted by Gasteiger charge is 2.16. The highest BCUT2D eigenvalue weighted by atomic mass is 79.9. The van der Waals surface area contributed by atoms with E-state index in [-0.39, 0.29) is 23.8 Å². The zero-order valence-corrected chi connectivity index (χ0v) is 11.6. The lowest BCUT2D eigenvalue weighted by Gasteiger charge is -2.07. The molecule has 1 aromatic carbocycles. The number of rotatable bonds is 4. The van der Waals surface area contributed by atoms with Crippen LogP contribution in [0.1, 0.15) is 17.0 Å². The summed E-state index contributed by atoms with van der Waals surface area (Å²) in [5.41, 5.74) is 0.535. The van der Waals surface area contributed by atoms with E-state index in [9.17, 15) is 4.39 Å². The van der Waals surface area contributed by atoms with Gasteiger partial charge in [0.25, 0.3) is 0 Å². The summed E-state index contributed by atoms with van der Waals surface area (Å²) < 4.78 is 18.7. The molecule has 9 heteroatoms. The van der Waals surface area contributed by atoms with Crippen LogP contribution in [-0.4, -0.2) is 26.5 Å². The number of oxime groups is 1. The van der Waals surface area contributed by atoms with Crippen LogP contribution in [0, 0.1) is 5.82 Å². The van der Waals surface area contributed by atoms with E-state index in [1.807, 2.05) is 0 Å². The van der Waals surface area contributed by atoms with Crippen LogP contribution in [0.25, 0.3) is 0 Å². The van der Waals surface area contributed by atoms with Gasteiger partial charge >= 0.3 is 0 Å². The number of aliphatic hydroxyl groups excluding tert-OH is 1. The van der Waals surface area contributed by atoms with Crippen molar-refractivity contribution in [3.8, 4) is 0 Å². The van der Waals surface area contributed by atoms with Gasteiger partial charge in [-0.3, -0.25) is 0 Å². The number of nitrogens with one attached hydrogen (secondary N) is 1. The van der Waals surface area contributed by atoms with Gasteiger partial charge in [0.15, 0.2) is 11.5 Å². The van der Waals surface area contributed by atoms with E-state index in [1.54, 1.807) is 12.1 Å². The molecule has 106 valence electrons. The Bertz CT molecular complexity index is 632. The summed E-state index contributed by atoms with van der Waals surface area (Å²) in [6, 6.07) is 4.48. The topological polar surface area (TPSA) is 104 Å². The summed E-state index contributed by atoms with van der Waals surface area (Å²) in [4.78, 5) is 0. The van der Waals surface area contributed by atoms with Crippen molar-refractivity contribution in [3.63, 3.8) is 0 Å². The molecule has 7 nitrogen and oxygen atoms in total. The highest BCUT2D eigenvalue weighted by molar-refractivity contribution is 9.10. The molecule has 20 heavy (non-hydrogen) atoms. The van der Waals surface area contributed by atoms with Crippen LogP contribution >= 0.6 is 15.9 Å². The fourth-order valence-corrected chi connectivity index (χ4v) is 1.92. The third kappa shape index (κ3) is 3.11. The second kappa shape index (κ2) is 6.44. The van der Waals surface area contributed by atoms with Crippen LogP contribution < -0.4 is 5.32 Å². The van der Waals surface area contributed by atoms with E-state index < -0.39 is 12.4 Å². The predicted octanol–water partition coefficient (Wildman–Crippen LogP) is 1.39. The molecule has 1 heterocycles. The summed E-state index contributed by atoms with van der Waals surface area (Å²) in [6.45, 7) is -0.368. The third-order valence-corrected chi connectivity index (χ3v) is 2.98. The molecular weight excluding hydrogens is 335 g/mol. The molecule has 0 unspecified atom stereocenters. The fraction of sp³-hybridized carbons (Fsp3) is 0.182. The lowest BCUT2D eigenvalue weighted by Crippen LogP contribution is -2.26. The molecule has 0 bridgehead atoms. The summed E-state index contributed by atoms with van der Waals surface area (Å²) in [5.74, 6) is -0.478. The Morgan fingerprint density at radius 3 is 2.95 bits per heavy atom. The maximum absolute atomic E-state index is 13.6. The molecule has 0 atom stereocenters. The summed E-state index contributed by atoms with van der Waals surface area (Å²) in [6.07, 6.45) is 0. The molecule has 0 amide bonds. The number of aromatic nitrogens is 2. The van der Waals surface area contributed by atoms with E-state index in [0.717, 1.165) is 4.47 Å².